The van der Waals surface area contributed by atoms with Crippen LogP contribution in [0.25, 0.3) is 0 Å². The fourth-order valence-electron chi connectivity index (χ4n) is 2.64. The van der Waals surface area contributed by atoms with E-state index in [9.17, 15) is 13.2 Å². The molecule has 0 spiro atoms. The van der Waals surface area contributed by atoms with Crippen LogP contribution in [0.4, 0.5) is 0 Å². The van der Waals surface area contributed by atoms with Crippen LogP contribution >= 0.6 is 0 Å². The molecule has 1 N–H and O–H groups in total. The predicted octanol–water partition coefficient (Wildman–Crippen LogP) is 1.24. The molecule has 1 heterocycles. The molecule has 0 unspecified atom stereocenters. The zero-order chi connectivity index (χ0) is 16.7. The lowest BCUT2D eigenvalue weighted by Crippen LogP contribution is -2.41. The summed E-state index contributed by atoms with van der Waals surface area (Å²) < 4.78 is 31.4. The number of piperidine rings is 1. The number of amides is 1. The smallest absolute Gasteiger partial charge is 0.243 e. The fourth-order valence-corrected chi connectivity index (χ4v) is 4.13. The molecule has 1 aliphatic rings. The topological polar surface area (TPSA) is 75.7 Å². The normalized spacial score (nSPS) is 17.1. The fraction of sp³-hybridized carbons (Fsp3) is 0.562. The van der Waals surface area contributed by atoms with Gasteiger partial charge in [-0.1, -0.05) is 18.2 Å². The maximum Gasteiger partial charge on any atom is 0.243 e. The van der Waals surface area contributed by atoms with Gasteiger partial charge in [0.1, 0.15) is 0 Å². The number of carbonyl (C=O) groups is 1. The molecular weight excluding hydrogens is 316 g/mol. The molecule has 1 aromatic rings. The Morgan fingerprint density at radius 2 is 1.91 bits per heavy atom. The molecule has 23 heavy (non-hydrogen) atoms. The van der Waals surface area contributed by atoms with Crippen LogP contribution in [0, 0.1) is 5.92 Å². The maximum atomic E-state index is 12.5. The van der Waals surface area contributed by atoms with Gasteiger partial charge in [0, 0.05) is 33.2 Å². The largest absolute Gasteiger partial charge is 0.384 e. The maximum absolute atomic E-state index is 12.5. The van der Waals surface area contributed by atoms with Crippen molar-refractivity contribution in [3.05, 3.63) is 30.3 Å². The van der Waals surface area contributed by atoms with Gasteiger partial charge in [0.2, 0.25) is 15.9 Å². The molecule has 1 aromatic carbocycles. The van der Waals surface area contributed by atoms with E-state index in [1.54, 1.807) is 37.4 Å². The predicted molar refractivity (Wildman–Crippen MR) is 87.4 cm³/mol. The van der Waals surface area contributed by atoms with E-state index >= 15 is 0 Å². The molecule has 0 aromatic heterocycles. The molecule has 6 nitrogen and oxygen atoms in total. The molecule has 1 amide bonds. The molecule has 7 heteroatoms. The van der Waals surface area contributed by atoms with Crippen LogP contribution in [0.1, 0.15) is 19.3 Å². The van der Waals surface area contributed by atoms with Crippen molar-refractivity contribution >= 4 is 15.9 Å². The number of ether oxygens (including phenoxy) is 1. The van der Waals surface area contributed by atoms with Gasteiger partial charge in [-0.15, -0.1) is 0 Å². The van der Waals surface area contributed by atoms with E-state index in [1.807, 2.05) is 0 Å². The number of nitrogens with one attached hydrogen (secondary N) is 1. The van der Waals surface area contributed by atoms with Crippen molar-refractivity contribution < 1.29 is 17.9 Å². The quantitative estimate of drug-likeness (QED) is 0.810. The number of hydrogen-bond acceptors (Lipinski definition) is 4. The molecule has 0 atom stereocenters. The third kappa shape index (κ3) is 5.02. The highest BCUT2D eigenvalue weighted by atomic mass is 32.2. The minimum atomic E-state index is -3.40. The first kappa shape index (κ1) is 17.9. The third-order valence-electron chi connectivity index (χ3n) is 4.08. The molecule has 0 bridgehead atoms. The number of carbonyl (C=O) groups excluding carboxylic acids is 1. The standard InChI is InChI=1S/C16H24N2O4S/c1-22-12-9-16(19)17-13-14-7-10-18(11-8-14)23(20,21)15-5-3-2-4-6-15/h2-6,14H,7-13H2,1H3,(H,17,19). The number of hydrogen-bond donors (Lipinski definition) is 1. The lowest BCUT2D eigenvalue weighted by atomic mass is 9.98. The lowest BCUT2D eigenvalue weighted by molar-refractivity contribution is -0.122. The number of sulfonamides is 1. The summed E-state index contributed by atoms with van der Waals surface area (Å²) in [5.74, 6) is 0.301. The average Bonchev–Trinajstić information content (AvgIpc) is 2.59. The molecule has 0 aliphatic carbocycles. The Bertz CT molecular complexity index is 596. The molecule has 128 valence electrons. The Labute approximate surface area is 137 Å². The van der Waals surface area contributed by atoms with Crippen LogP contribution in [0.2, 0.25) is 0 Å². The highest BCUT2D eigenvalue weighted by Crippen LogP contribution is 2.23. The second-order valence-electron chi connectivity index (χ2n) is 5.71. The minimum absolute atomic E-state index is 0.0220. The van der Waals surface area contributed by atoms with E-state index in [-0.39, 0.29) is 5.91 Å². The Balaban J connectivity index is 1.81. The molecule has 2 rings (SSSR count). The van der Waals surface area contributed by atoms with E-state index in [0.717, 1.165) is 12.8 Å². The number of methoxy groups -OCH3 is 1. The molecule has 0 saturated carbocycles. The zero-order valence-electron chi connectivity index (χ0n) is 13.4. The number of nitrogens with zero attached hydrogens (tertiary/aromatic N) is 1. The Morgan fingerprint density at radius 3 is 2.52 bits per heavy atom. The summed E-state index contributed by atoms with van der Waals surface area (Å²) in [6, 6.07) is 8.51. The number of benzene rings is 1. The van der Waals surface area contributed by atoms with Crippen LogP contribution in [0.3, 0.4) is 0 Å². The van der Waals surface area contributed by atoms with Crippen LogP contribution in [0.5, 0.6) is 0 Å². The summed E-state index contributed by atoms with van der Waals surface area (Å²) in [5, 5.41) is 2.89. The Kier molecular flexibility index (Phi) is 6.56. The third-order valence-corrected chi connectivity index (χ3v) is 5.99. The van der Waals surface area contributed by atoms with E-state index in [0.29, 0.717) is 43.5 Å². The minimum Gasteiger partial charge on any atom is -0.384 e. The Hall–Kier alpha value is -1.44. The lowest BCUT2D eigenvalue weighted by Gasteiger charge is -2.31. The second-order valence-corrected chi connectivity index (χ2v) is 7.65. The van der Waals surface area contributed by atoms with Crippen LogP contribution in [-0.4, -0.2) is 52.0 Å². The van der Waals surface area contributed by atoms with Crippen LogP contribution in [0.15, 0.2) is 35.2 Å². The average molecular weight is 340 g/mol. The van der Waals surface area contributed by atoms with E-state index in [1.165, 1.54) is 4.31 Å². The van der Waals surface area contributed by atoms with E-state index < -0.39 is 10.0 Å². The van der Waals surface area contributed by atoms with Crippen molar-refractivity contribution in [3.8, 4) is 0 Å². The first-order chi connectivity index (χ1) is 11.0. The molecule has 1 aliphatic heterocycles. The van der Waals surface area contributed by atoms with Gasteiger partial charge in [0.05, 0.1) is 11.5 Å². The van der Waals surface area contributed by atoms with Crippen LogP contribution in [-0.2, 0) is 19.6 Å². The van der Waals surface area contributed by atoms with Gasteiger partial charge in [0.25, 0.3) is 0 Å². The van der Waals surface area contributed by atoms with E-state index in [4.69, 9.17) is 4.74 Å². The van der Waals surface area contributed by atoms with E-state index in [2.05, 4.69) is 5.32 Å². The van der Waals surface area contributed by atoms with Crippen molar-refractivity contribution in [3.63, 3.8) is 0 Å². The summed E-state index contributed by atoms with van der Waals surface area (Å²) in [4.78, 5) is 11.9. The van der Waals surface area contributed by atoms with Gasteiger partial charge in [-0.3, -0.25) is 4.79 Å². The summed E-state index contributed by atoms with van der Waals surface area (Å²) in [5.41, 5.74) is 0. The molecule has 1 saturated heterocycles. The highest BCUT2D eigenvalue weighted by Gasteiger charge is 2.29. The number of rotatable bonds is 7. The summed E-state index contributed by atoms with van der Waals surface area (Å²) in [6.45, 7) is 2.01. The van der Waals surface area contributed by atoms with Gasteiger partial charge in [-0.25, -0.2) is 8.42 Å². The van der Waals surface area contributed by atoms with Crippen molar-refractivity contribution in [1.82, 2.24) is 9.62 Å². The summed E-state index contributed by atoms with van der Waals surface area (Å²) in [7, 11) is -1.83. The van der Waals surface area contributed by atoms with Gasteiger partial charge in [-0.05, 0) is 30.9 Å². The highest BCUT2D eigenvalue weighted by molar-refractivity contribution is 7.89. The SMILES string of the molecule is COCCC(=O)NCC1CCN(S(=O)(=O)c2ccccc2)CC1. The van der Waals surface area contributed by atoms with Crippen molar-refractivity contribution in [2.75, 3.05) is 33.4 Å². The zero-order valence-corrected chi connectivity index (χ0v) is 14.2. The first-order valence-electron chi connectivity index (χ1n) is 7.85. The van der Waals surface area contributed by atoms with Crippen LogP contribution < -0.4 is 5.32 Å². The molecule has 1 fully saturated rings. The first-order valence-corrected chi connectivity index (χ1v) is 9.29. The van der Waals surface area contributed by atoms with Gasteiger partial charge in [0.15, 0.2) is 0 Å². The monoisotopic (exact) mass is 340 g/mol. The van der Waals surface area contributed by atoms with Gasteiger partial charge in [-0.2, -0.15) is 4.31 Å². The van der Waals surface area contributed by atoms with Gasteiger partial charge < -0.3 is 10.1 Å². The molecule has 0 radical (unpaired) electrons. The molecular formula is C16H24N2O4S. The Morgan fingerprint density at radius 1 is 1.26 bits per heavy atom. The van der Waals surface area contributed by atoms with Crippen molar-refractivity contribution in [2.45, 2.75) is 24.2 Å². The summed E-state index contributed by atoms with van der Waals surface area (Å²) in [6.07, 6.45) is 1.88. The van der Waals surface area contributed by atoms with Crippen molar-refractivity contribution in [1.29, 1.82) is 0 Å². The summed E-state index contributed by atoms with van der Waals surface area (Å²) >= 11 is 0. The second kappa shape index (κ2) is 8.42. The van der Waals surface area contributed by atoms with Gasteiger partial charge >= 0.3 is 0 Å². The van der Waals surface area contributed by atoms with Crippen molar-refractivity contribution in [2.24, 2.45) is 5.92 Å².